The van der Waals surface area contributed by atoms with E-state index >= 15 is 0 Å². The quantitative estimate of drug-likeness (QED) is 0.540. The van der Waals surface area contributed by atoms with Crippen molar-refractivity contribution < 1.29 is 20.0 Å². The van der Waals surface area contributed by atoms with E-state index in [9.17, 15) is 9.90 Å². The largest absolute Gasteiger partial charge is 0.392 e. The van der Waals surface area contributed by atoms with Crippen LogP contribution in [0.4, 0.5) is 0 Å². The Kier molecular flexibility index (Phi) is 3.81. The first-order valence-corrected chi connectivity index (χ1v) is 9.54. The maximum atomic E-state index is 12.1. The molecule has 2 aromatic rings. The van der Waals surface area contributed by atoms with Gasteiger partial charge in [0.15, 0.2) is 0 Å². The molecule has 5 rings (SSSR count). The SMILES string of the molecule is O=C(OO)[C@H]1[C@H]2C[C@H]3c4[nH]c5ccccc5c4CCN3C[C@@H]2CC[C@H]1O. The molecular formula is C20H24N2O4. The Hall–Kier alpha value is -1.89. The van der Waals surface area contributed by atoms with E-state index in [2.05, 4.69) is 33.0 Å². The normalized spacial score (nSPS) is 34.0. The van der Waals surface area contributed by atoms with Crippen LogP contribution in [-0.2, 0) is 16.1 Å². The van der Waals surface area contributed by atoms with Crippen LogP contribution < -0.4 is 0 Å². The third-order valence-electron chi connectivity index (χ3n) is 6.91. The molecule has 0 bridgehead atoms. The van der Waals surface area contributed by atoms with Gasteiger partial charge in [-0.2, -0.15) is 5.26 Å². The highest BCUT2D eigenvalue weighted by atomic mass is 17.1. The third kappa shape index (κ3) is 2.32. The summed E-state index contributed by atoms with van der Waals surface area (Å²) in [6.07, 6.45) is 2.63. The van der Waals surface area contributed by atoms with Gasteiger partial charge in [0.2, 0.25) is 0 Å². The first kappa shape index (κ1) is 16.3. The molecule has 3 N–H and O–H groups in total. The second-order valence-electron chi connectivity index (χ2n) is 8.06. The minimum atomic E-state index is -0.728. The number of rotatable bonds is 1. The highest BCUT2D eigenvalue weighted by Gasteiger charge is 2.49. The molecule has 3 heterocycles. The van der Waals surface area contributed by atoms with Crippen LogP contribution in [0.5, 0.6) is 0 Å². The predicted octanol–water partition coefficient (Wildman–Crippen LogP) is 2.49. The molecule has 1 aromatic heterocycles. The highest BCUT2D eigenvalue weighted by Crippen LogP contribution is 2.49. The monoisotopic (exact) mass is 356 g/mol. The van der Waals surface area contributed by atoms with Gasteiger partial charge in [-0.3, -0.25) is 4.90 Å². The van der Waals surface area contributed by atoms with Crippen molar-refractivity contribution in [3.05, 3.63) is 35.5 Å². The molecular weight excluding hydrogens is 332 g/mol. The fourth-order valence-electron chi connectivity index (χ4n) is 5.73. The Bertz CT molecular complexity index is 847. The second-order valence-corrected chi connectivity index (χ2v) is 8.06. The van der Waals surface area contributed by atoms with Gasteiger partial charge in [0, 0.05) is 29.7 Å². The average molecular weight is 356 g/mol. The maximum Gasteiger partial charge on any atom is 0.348 e. The van der Waals surface area contributed by atoms with Gasteiger partial charge in [0.1, 0.15) is 0 Å². The number of aliphatic hydroxyl groups is 1. The van der Waals surface area contributed by atoms with E-state index in [0.29, 0.717) is 12.3 Å². The van der Waals surface area contributed by atoms with Gasteiger partial charge in [0.25, 0.3) is 0 Å². The molecule has 1 aromatic carbocycles. The van der Waals surface area contributed by atoms with E-state index < -0.39 is 18.0 Å². The molecule has 5 atom stereocenters. The van der Waals surface area contributed by atoms with Crippen LogP contribution in [0, 0.1) is 17.8 Å². The molecule has 1 aliphatic carbocycles. The van der Waals surface area contributed by atoms with Crippen molar-refractivity contribution in [3.63, 3.8) is 0 Å². The number of aromatic amines is 1. The third-order valence-corrected chi connectivity index (χ3v) is 6.91. The maximum absolute atomic E-state index is 12.1. The van der Waals surface area contributed by atoms with Crippen LogP contribution in [0.15, 0.2) is 24.3 Å². The van der Waals surface area contributed by atoms with Gasteiger partial charge in [-0.05, 0) is 49.1 Å². The molecule has 1 saturated heterocycles. The summed E-state index contributed by atoms with van der Waals surface area (Å²) in [6, 6.07) is 8.63. The van der Waals surface area contributed by atoms with Crippen LogP contribution in [-0.4, -0.2) is 45.4 Å². The van der Waals surface area contributed by atoms with E-state index in [1.54, 1.807) is 0 Å². The number of para-hydroxylation sites is 1. The number of hydrogen-bond acceptors (Lipinski definition) is 5. The van der Waals surface area contributed by atoms with Crippen molar-refractivity contribution in [3.8, 4) is 0 Å². The number of nitrogens with zero attached hydrogens (tertiary/aromatic N) is 1. The molecule has 2 fully saturated rings. The predicted molar refractivity (Wildman–Crippen MR) is 95.4 cm³/mol. The summed E-state index contributed by atoms with van der Waals surface area (Å²) in [5, 5.41) is 20.6. The van der Waals surface area contributed by atoms with Gasteiger partial charge >= 0.3 is 5.97 Å². The highest BCUT2D eigenvalue weighted by molar-refractivity contribution is 5.85. The molecule has 0 amide bonds. The first-order valence-electron chi connectivity index (χ1n) is 9.54. The lowest BCUT2D eigenvalue weighted by Gasteiger charge is -2.50. The van der Waals surface area contributed by atoms with Crippen LogP contribution in [0.1, 0.15) is 36.6 Å². The van der Waals surface area contributed by atoms with Crippen LogP contribution in [0.25, 0.3) is 10.9 Å². The van der Waals surface area contributed by atoms with E-state index in [1.165, 1.54) is 16.6 Å². The van der Waals surface area contributed by atoms with Crippen LogP contribution in [0.3, 0.4) is 0 Å². The van der Waals surface area contributed by atoms with E-state index in [-0.39, 0.29) is 12.0 Å². The Balaban J connectivity index is 1.52. The average Bonchev–Trinajstić information content (AvgIpc) is 3.05. The van der Waals surface area contributed by atoms with Crippen molar-refractivity contribution in [1.29, 1.82) is 0 Å². The van der Waals surface area contributed by atoms with Gasteiger partial charge in [-0.25, -0.2) is 4.79 Å². The standard InChI is InChI=1S/C20H24N2O4/c23-17-6-5-11-10-22-8-7-13-12-3-1-2-4-15(12)21-19(13)16(22)9-14(11)18(17)20(24)26-25/h1-4,11,14,16-18,21,23,25H,5-10H2/t11-,14-,16-,17+,18-/m0/s1. The van der Waals surface area contributed by atoms with Gasteiger partial charge in [-0.15, -0.1) is 0 Å². The molecule has 1 saturated carbocycles. The summed E-state index contributed by atoms with van der Waals surface area (Å²) in [6.45, 7) is 1.96. The number of carbonyl (C=O) groups excluding carboxylic acids is 1. The van der Waals surface area contributed by atoms with Gasteiger partial charge in [-0.1, -0.05) is 18.2 Å². The smallest absolute Gasteiger partial charge is 0.348 e. The number of H-pyrrole nitrogens is 1. The lowest BCUT2D eigenvalue weighted by atomic mass is 9.65. The van der Waals surface area contributed by atoms with E-state index in [4.69, 9.17) is 5.26 Å². The molecule has 6 heteroatoms. The summed E-state index contributed by atoms with van der Waals surface area (Å²) in [4.78, 5) is 22.3. The minimum absolute atomic E-state index is 0.0389. The molecule has 0 radical (unpaired) electrons. The number of nitrogens with one attached hydrogen (secondary N) is 1. The molecule has 6 nitrogen and oxygen atoms in total. The number of carbonyl (C=O) groups is 1. The summed E-state index contributed by atoms with van der Waals surface area (Å²) in [7, 11) is 0. The van der Waals surface area contributed by atoms with Gasteiger partial charge < -0.3 is 15.0 Å². The lowest BCUT2D eigenvalue weighted by molar-refractivity contribution is -0.247. The molecule has 0 spiro atoms. The molecule has 26 heavy (non-hydrogen) atoms. The summed E-state index contributed by atoms with van der Waals surface area (Å²) in [5.74, 6) is -0.911. The molecule has 0 unspecified atom stereocenters. The summed E-state index contributed by atoms with van der Waals surface area (Å²) < 4.78 is 0. The Morgan fingerprint density at radius 2 is 2.12 bits per heavy atom. The van der Waals surface area contributed by atoms with Crippen molar-refractivity contribution in [2.75, 3.05) is 13.1 Å². The van der Waals surface area contributed by atoms with Crippen molar-refractivity contribution >= 4 is 16.9 Å². The number of piperidine rings is 1. The Morgan fingerprint density at radius 1 is 1.27 bits per heavy atom. The van der Waals surface area contributed by atoms with Crippen LogP contribution >= 0.6 is 0 Å². The molecule has 138 valence electrons. The molecule has 3 aliphatic rings. The number of benzene rings is 1. The number of aromatic nitrogens is 1. The Morgan fingerprint density at radius 3 is 2.96 bits per heavy atom. The molecule has 2 aliphatic heterocycles. The fourth-order valence-corrected chi connectivity index (χ4v) is 5.73. The zero-order valence-corrected chi connectivity index (χ0v) is 14.6. The van der Waals surface area contributed by atoms with Crippen LogP contribution in [0.2, 0.25) is 0 Å². The van der Waals surface area contributed by atoms with E-state index in [0.717, 1.165) is 37.9 Å². The number of aliphatic hydroxyl groups excluding tert-OH is 1. The Labute approximate surface area is 151 Å². The lowest BCUT2D eigenvalue weighted by Crippen LogP contribution is -2.53. The topological polar surface area (TPSA) is 85.8 Å². The minimum Gasteiger partial charge on any atom is -0.392 e. The van der Waals surface area contributed by atoms with Crippen molar-refractivity contribution in [2.45, 2.75) is 37.8 Å². The zero-order valence-electron chi connectivity index (χ0n) is 14.6. The zero-order chi connectivity index (χ0) is 17.8. The van der Waals surface area contributed by atoms with Crippen molar-refractivity contribution in [2.24, 2.45) is 17.8 Å². The number of hydrogen-bond donors (Lipinski definition) is 3. The second kappa shape index (κ2) is 6.08. The number of fused-ring (bicyclic) bond motifs is 6. The summed E-state index contributed by atoms with van der Waals surface area (Å²) >= 11 is 0. The van der Waals surface area contributed by atoms with Crippen molar-refractivity contribution in [1.82, 2.24) is 9.88 Å². The van der Waals surface area contributed by atoms with E-state index in [1.807, 2.05) is 6.07 Å². The fraction of sp³-hybridized carbons (Fsp3) is 0.550. The summed E-state index contributed by atoms with van der Waals surface area (Å²) in [5.41, 5.74) is 3.81. The van der Waals surface area contributed by atoms with Gasteiger partial charge in [0.05, 0.1) is 18.1 Å². The first-order chi connectivity index (χ1) is 12.7.